The van der Waals surface area contributed by atoms with Gasteiger partial charge in [-0.1, -0.05) is 97.8 Å². The Kier molecular flexibility index (Phi) is 7.61. The van der Waals surface area contributed by atoms with Gasteiger partial charge in [0, 0.05) is 17.5 Å². The molecule has 0 atom stereocenters. The van der Waals surface area contributed by atoms with Gasteiger partial charge in [0.25, 0.3) is 5.56 Å². The second kappa shape index (κ2) is 11.5. The van der Waals surface area contributed by atoms with E-state index in [1.165, 1.54) is 29.3 Å². The maximum absolute atomic E-state index is 14.6. The van der Waals surface area contributed by atoms with Crippen molar-refractivity contribution in [1.82, 2.24) is 14.9 Å². The zero-order valence-electron chi connectivity index (χ0n) is 23.0. The Bertz CT molecular complexity index is 1590. The average molecular weight is 550 g/mol. The summed E-state index contributed by atoms with van der Waals surface area (Å²) in [5.41, 5.74) is 6.90. The molecule has 2 aliphatic rings. The van der Waals surface area contributed by atoms with Crippen molar-refractivity contribution < 1.29 is 4.79 Å². The number of nitrogens with one attached hydrogen (secondary N) is 1. The van der Waals surface area contributed by atoms with Gasteiger partial charge in [-0.2, -0.15) is 0 Å². The molecule has 0 unspecified atom stereocenters. The van der Waals surface area contributed by atoms with Crippen LogP contribution in [0, 0.1) is 6.92 Å². The third kappa shape index (κ3) is 5.25. The van der Waals surface area contributed by atoms with E-state index in [1.54, 1.807) is 4.57 Å². The first-order valence-corrected chi connectivity index (χ1v) is 15.3. The second-order valence-corrected chi connectivity index (χ2v) is 12.1. The predicted molar refractivity (Wildman–Crippen MR) is 162 cm³/mol. The van der Waals surface area contributed by atoms with Gasteiger partial charge in [-0.15, -0.1) is 0 Å². The lowest BCUT2D eigenvalue weighted by Gasteiger charge is -2.42. The standard InChI is InChI=1S/C34H35N3O2S/c1-24-11-10-15-27(21-24)37-32(39)30-31(28-16-7-6-14-26(28)22-34(30)18-8-3-9-19-34)36-33(37)40-23-29(38)35-20-17-25-12-4-2-5-13-25/h2,4-7,10-16,21H,3,8-9,17-20,22-23H2,1H3,(H,35,38). The van der Waals surface area contributed by atoms with Crippen molar-refractivity contribution in [1.29, 1.82) is 0 Å². The Morgan fingerprint density at radius 1 is 0.975 bits per heavy atom. The molecule has 0 bridgehead atoms. The van der Waals surface area contributed by atoms with E-state index in [9.17, 15) is 9.59 Å². The molecule has 2 aliphatic carbocycles. The molecule has 40 heavy (non-hydrogen) atoms. The number of hydrogen-bond donors (Lipinski definition) is 1. The third-order valence-corrected chi connectivity index (χ3v) is 9.30. The van der Waals surface area contributed by atoms with E-state index < -0.39 is 0 Å². The minimum absolute atomic E-state index is 0.0130. The van der Waals surface area contributed by atoms with Crippen molar-refractivity contribution in [3.8, 4) is 16.9 Å². The molecule has 1 heterocycles. The topological polar surface area (TPSA) is 64.0 Å². The van der Waals surface area contributed by atoms with Gasteiger partial charge < -0.3 is 5.32 Å². The summed E-state index contributed by atoms with van der Waals surface area (Å²) in [6, 6.07) is 26.6. The molecular formula is C34H35N3O2S. The number of amides is 1. The number of aromatic nitrogens is 2. The zero-order chi connectivity index (χ0) is 27.5. The van der Waals surface area contributed by atoms with E-state index in [0.29, 0.717) is 11.7 Å². The maximum Gasteiger partial charge on any atom is 0.263 e. The van der Waals surface area contributed by atoms with Crippen LogP contribution in [0.3, 0.4) is 0 Å². The van der Waals surface area contributed by atoms with Gasteiger partial charge in [0.15, 0.2) is 5.16 Å². The molecule has 1 N–H and O–H groups in total. The van der Waals surface area contributed by atoms with Crippen LogP contribution in [0.15, 0.2) is 88.8 Å². The molecule has 3 aromatic carbocycles. The number of benzene rings is 3. The number of carbonyl (C=O) groups excluding carboxylic acids is 1. The summed E-state index contributed by atoms with van der Waals surface area (Å²) >= 11 is 1.34. The van der Waals surface area contributed by atoms with Crippen molar-refractivity contribution >= 4 is 17.7 Å². The first kappa shape index (κ1) is 26.6. The Morgan fingerprint density at radius 3 is 2.55 bits per heavy atom. The van der Waals surface area contributed by atoms with Crippen molar-refractivity contribution in [3.05, 3.63) is 111 Å². The third-order valence-electron chi connectivity index (χ3n) is 8.37. The molecule has 1 aromatic heterocycles. The van der Waals surface area contributed by atoms with E-state index in [1.807, 2.05) is 55.5 Å². The van der Waals surface area contributed by atoms with Crippen LogP contribution in [-0.2, 0) is 23.1 Å². The molecular weight excluding hydrogens is 514 g/mol. The van der Waals surface area contributed by atoms with Crippen molar-refractivity contribution in [2.45, 2.75) is 62.4 Å². The molecule has 0 aliphatic heterocycles. The summed E-state index contributed by atoms with van der Waals surface area (Å²) in [6.07, 6.45) is 7.16. The molecule has 6 rings (SSSR count). The highest BCUT2D eigenvalue weighted by atomic mass is 32.2. The molecule has 4 aromatic rings. The van der Waals surface area contributed by atoms with E-state index in [4.69, 9.17) is 4.98 Å². The van der Waals surface area contributed by atoms with Gasteiger partial charge in [0.2, 0.25) is 5.91 Å². The molecule has 1 spiro atoms. The highest BCUT2D eigenvalue weighted by Crippen LogP contribution is 2.49. The Balaban J connectivity index is 1.38. The van der Waals surface area contributed by atoms with Crippen LogP contribution in [0.1, 0.15) is 54.4 Å². The molecule has 0 radical (unpaired) electrons. The number of rotatable bonds is 7. The normalized spacial score (nSPS) is 15.3. The average Bonchev–Trinajstić information content (AvgIpc) is 2.97. The highest BCUT2D eigenvalue weighted by Gasteiger charge is 2.43. The quantitative estimate of drug-likeness (QED) is 0.214. The van der Waals surface area contributed by atoms with Crippen molar-refractivity contribution in [2.75, 3.05) is 12.3 Å². The summed E-state index contributed by atoms with van der Waals surface area (Å²) in [7, 11) is 0. The molecule has 5 nitrogen and oxygen atoms in total. The Labute approximate surface area is 240 Å². The van der Waals surface area contributed by atoms with Crippen molar-refractivity contribution in [3.63, 3.8) is 0 Å². The van der Waals surface area contributed by atoms with Gasteiger partial charge in [-0.25, -0.2) is 4.98 Å². The maximum atomic E-state index is 14.6. The monoisotopic (exact) mass is 549 g/mol. The molecule has 204 valence electrons. The summed E-state index contributed by atoms with van der Waals surface area (Å²) < 4.78 is 1.76. The van der Waals surface area contributed by atoms with Crippen molar-refractivity contribution in [2.24, 2.45) is 0 Å². The lowest BCUT2D eigenvalue weighted by Crippen LogP contribution is -2.43. The highest BCUT2D eigenvalue weighted by molar-refractivity contribution is 7.99. The molecule has 6 heteroatoms. The first-order chi connectivity index (χ1) is 19.5. The van der Waals surface area contributed by atoms with Crippen LogP contribution in [-0.4, -0.2) is 27.8 Å². The van der Waals surface area contributed by atoms with Crippen LogP contribution in [0.5, 0.6) is 0 Å². The molecule has 1 fully saturated rings. The van der Waals surface area contributed by atoms with Gasteiger partial charge in [-0.05, 0) is 61.4 Å². The lowest BCUT2D eigenvalue weighted by atomic mass is 9.62. The second-order valence-electron chi connectivity index (χ2n) is 11.1. The van der Waals surface area contributed by atoms with E-state index in [2.05, 4.69) is 35.6 Å². The van der Waals surface area contributed by atoms with Crippen LogP contribution < -0.4 is 10.9 Å². The Morgan fingerprint density at radius 2 is 1.75 bits per heavy atom. The summed E-state index contributed by atoms with van der Waals surface area (Å²) in [4.78, 5) is 32.7. The largest absolute Gasteiger partial charge is 0.355 e. The number of carbonyl (C=O) groups is 1. The summed E-state index contributed by atoms with van der Waals surface area (Å²) in [6.45, 7) is 2.61. The molecule has 1 saturated carbocycles. The predicted octanol–water partition coefficient (Wildman–Crippen LogP) is 6.42. The molecule has 0 saturated heterocycles. The van der Waals surface area contributed by atoms with Crippen LogP contribution in [0.25, 0.3) is 16.9 Å². The first-order valence-electron chi connectivity index (χ1n) is 14.3. The number of hydrogen-bond acceptors (Lipinski definition) is 4. The lowest BCUT2D eigenvalue weighted by molar-refractivity contribution is -0.118. The summed E-state index contributed by atoms with van der Waals surface area (Å²) in [5.74, 6) is 0.131. The SMILES string of the molecule is Cc1cccc(-n2c(SCC(=O)NCCc3ccccc3)nc3c(c2=O)C2(CCCCC2)Cc2ccccc2-3)c1. The van der Waals surface area contributed by atoms with Crippen LogP contribution >= 0.6 is 11.8 Å². The number of fused-ring (bicyclic) bond motifs is 4. The number of thioether (sulfide) groups is 1. The number of aryl methyl sites for hydroxylation is 1. The number of nitrogens with zero attached hydrogens (tertiary/aromatic N) is 2. The van der Waals surface area contributed by atoms with E-state index in [-0.39, 0.29) is 22.6 Å². The fraction of sp³-hybridized carbons (Fsp3) is 0.324. The molecule has 1 amide bonds. The van der Waals surface area contributed by atoms with Gasteiger partial charge in [0.05, 0.1) is 22.7 Å². The van der Waals surface area contributed by atoms with Crippen LogP contribution in [0.4, 0.5) is 0 Å². The van der Waals surface area contributed by atoms with Crippen LogP contribution in [0.2, 0.25) is 0 Å². The van der Waals surface area contributed by atoms with Gasteiger partial charge in [-0.3, -0.25) is 14.2 Å². The fourth-order valence-electron chi connectivity index (χ4n) is 6.45. The minimum Gasteiger partial charge on any atom is -0.355 e. The Hall–Kier alpha value is -3.64. The summed E-state index contributed by atoms with van der Waals surface area (Å²) in [5, 5.41) is 3.60. The smallest absolute Gasteiger partial charge is 0.263 e. The van der Waals surface area contributed by atoms with Gasteiger partial charge in [0.1, 0.15) is 0 Å². The zero-order valence-corrected chi connectivity index (χ0v) is 23.8. The minimum atomic E-state index is -0.185. The van der Waals surface area contributed by atoms with E-state index >= 15 is 0 Å². The fourth-order valence-corrected chi connectivity index (χ4v) is 7.29. The van der Waals surface area contributed by atoms with Gasteiger partial charge >= 0.3 is 0 Å². The van der Waals surface area contributed by atoms with E-state index in [0.717, 1.165) is 66.6 Å².